The maximum atomic E-state index is 5.49. The Balaban J connectivity index is 2.36. The molecule has 0 spiro atoms. The highest BCUT2D eigenvalue weighted by atomic mass is 16.5. The Morgan fingerprint density at radius 2 is 1.94 bits per heavy atom. The van der Waals surface area contributed by atoms with Crippen LogP contribution in [0.15, 0.2) is 36.4 Å². The van der Waals surface area contributed by atoms with E-state index in [-0.39, 0.29) is 0 Å². The number of hydrogen-bond donors (Lipinski definition) is 1. The Hall–Kier alpha value is -1.32. The Bertz CT molecular complexity index is 306. The van der Waals surface area contributed by atoms with Gasteiger partial charge < -0.3 is 15.2 Å². The van der Waals surface area contributed by atoms with E-state index in [2.05, 4.69) is 12.1 Å². The lowest BCUT2D eigenvalue weighted by Crippen LogP contribution is -1.98. The topological polar surface area (TPSA) is 44.5 Å². The van der Waals surface area contributed by atoms with Crippen LogP contribution in [0.2, 0.25) is 0 Å². The summed E-state index contributed by atoms with van der Waals surface area (Å²) in [7, 11) is 1.71. The quantitative estimate of drug-likeness (QED) is 0.714. The highest BCUT2D eigenvalue weighted by molar-refractivity contribution is 5.27. The molecule has 0 aliphatic carbocycles. The lowest BCUT2D eigenvalue weighted by molar-refractivity contribution is 0.202. The molecule has 16 heavy (non-hydrogen) atoms. The van der Waals surface area contributed by atoms with Crippen LogP contribution in [-0.4, -0.2) is 26.9 Å². The van der Waals surface area contributed by atoms with Crippen molar-refractivity contribution < 1.29 is 9.47 Å². The molecule has 0 saturated carbocycles. The SMILES string of the molecule is COCCc1ccc(OCC=CCN)cc1. The van der Waals surface area contributed by atoms with Gasteiger partial charge in [0.1, 0.15) is 12.4 Å². The van der Waals surface area contributed by atoms with Crippen molar-refractivity contribution in [3.63, 3.8) is 0 Å². The molecule has 0 amide bonds. The Morgan fingerprint density at radius 3 is 2.56 bits per heavy atom. The second kappa shape index (κ2) is 7.91. The summed E-state index contributed by atoms with van der Waals surface area (Å²) in [6.07, 6.45) is 4.73. The number of benzene rings is 1. The van der Waals surface area contributed by atoms with Crippen molar-refractivity contribution in [1.29, 1.82) is 0 Å². The molecule has 88 valence electrons. The summed E-state index contributed by atoms with van der Waals surface area (Å²) in [5.74, 6) is 0.878. The fraction of sp³-hybridized carbons (Fsp3) is 0.385. The van der Waals surface area contributed by atoms with Crippen LogP contribution in [0.3, 0.4) is 0 Å². The van der Waals surface area contributed by atoms with Crippen LogP contribution in [-0.2, 0) is 11.2 Å². The lowest BCUT2D eigenvalue weighted by Gasteiger charge is -2.04. The molecule has 0 aromatic heterocycles. The van der Waals surface area contributed by atoms with Crippen molar-refractivity contribution in [2.75, 3.05) is 26.9 Å². The maximum Gasteiger partial charge on any atom is 0.119 e. The van der Waals surface area contributed by atoms with Gasteiger partial charge in [0.05, 0.1) is 6.61 Å². The van der Waals surface area contributed by atoms with Gasteiger partial charge in [-0.3, -0.25) is 0 Å². The largest absolute Gasteiger partial charge is 0.490 e. The normalized spacial score (nSPS) is 10.9. The first kappa shape index (κ1) is 12.7. The van der Waals surface area contributed by atoms with E-state index in [0.717, 1.165) is 18.8 Å². The van der Waals surface area contributed by atoms with Crippen molar-refractivity contribution in [3.8, 4) is 5.75 Å². The van der Waals surface area contributed by atoms with E-state index >= 15 is 0 Å². The fourth-order valence-electron chi connectivity index (χ4n) is 1.28. The molecule has 0 bridgehead atoms. The van der Waals surface area contributed by atoms with Crippen LogP contribution in [0, 0.1) is 0 Å². The molecular formula is C13H19NO2. The number of nitrogens with two attached hydrogens (primary N) is 1. The third-order valence-corrected chi connectivity index (χ3v) is 2.17. The number of methoxy groups -OCH3 is 1. The monoisotopic (exact) mass is 221 g/mol. The summed E-state index contributed by atoms with van der Waals surface area (Å²) >= 11 is 0. The van der Waals surface area contributed by atoms with Crippen LogP contribution in [0.5, 0.6) is 5.75 Å². The summed E-state index contributed by atoms with van der Waals surface area (Å²) in [6, 6.07) is 8.06. The van der Waals surface area contributed by atoms with E-state index in [4.69, 9.17) is 15.2 Å². The van der Waals surface area contributed by atoms with Gasteiger partial charge in [-0.15, -0.1) is 0 Å². The third-order valence-electron chi connectivity index (χ3n) is 2.17. The Morgan fingerprint density at radius 1 is 1.19 bits per heavy atom. The molecule has 0 aliphatic rings. The summed E-state index contributed by atoms with van der Waals surface area (Å²) in [4.78, 5) is 0. The smallest absolute Gasteiger partial charge is 0.119 e. The van der Waals surface area contributed by atoms with Crippen molar-refractivity contribution >= 4 is 0 Å². The minimum absolute atomic E-state index is 0.555. The van der Waals surface area contributed by atoms with Crippen LogP contribution < -0.4 is 10.5 Å². The third kappa shape index (κ3) is 4.96. The molecule has 0 fully saturated rings. The molecule has 3 nitrogen and oxygen atoms in total. The van der Waals surface area contributed by atoms with E-state index in [0.29, 0.717) is 13.2 Å². The van der Waals surface area contributed by atoms with Gasteiger partial charge in [-0.05, 0) is 24.1 Å². The van der Waals surface area contributed by atoms with Crippen LogP contribution in [0.1, 0.15) is 5.56 Å². The van der Waals surface area contributed by atoms with Crippen molar-refractivity contribution in [2.45, 2.75) is 6.42 Å². The van der Waals surface area contributed by atoms with E-state index in [1.54, 1.807) is 7.11 Å². The predicted molar refractivity (Wildman–Crippen MR) is 65.7 cm³/mol. The second-order valence-corrected chi connectivity index (χ2v) is 3.40. The van der Waals surface area contributed by atoms with E-state index in [9.17, 15) is 0 Å². The molecule has 3 heteroatoms. The molecule has 0 radical (unpaired) electrons. The molecule has 1 aromatic rings. The average Bonchev–Trinajstić information content (AvgIpc) is 2.33. The number of ether oxygens (including phenoxy) is 2. The van der Waals surface area contributed by atoms with Gasteiger partial charge >= 0.3 is 0 Å². The van der Waals surface area contributed by atoms with Gasteiger partial charge in [-0.2, -0.15) is 0 Å². The van der Waals surface area contributed by atoms with E-state index in [1.165, 1.54) is 5.56 Å². The zero-order chi connectivity index (χ0) is 11.6. The first-order valence-electron chi connectivity index (χ1n) is 5.42. The molecule has 1 rings (SSSR count). The Kier molecular flexibility index (Phi) is 6.30. The van der Waals surface area contributed by atoms with Crippen molar-refractivity contribution in [3.05, 3.63) is 42.0 Å². The molecule has 0 atom stereocenters. The maximum absolute atomic E-state index is 5.49. The number of rotatable bonds is 7. The molecule has 1 aromatic carbocycles. The molecule has 0 unspecified atom stereocenters. The first-order valence-corrected chi connectivity index (χ1v) is 5.42. The van der Waals surface area contributed by atoms with Gasteiger partial charge in [0.25, 0.3) is 0 Å². The molecule has 0 saturated heterocycles. The lowest BCUT2D eigenvalue weighted by atomic mass is 10.1. The minimum Gasteiger partial charge on any atom is -0.490 e. The Labute approximate surface area is 96.9 Å². The highest BCUT2D eigenvalue weighted by Gasteiger charge is 1.94. The fourth-order valence-corrected chi connectivity index (χ4v) is 1.28. The number of hydrogen-bond acceptors (Lipinski definition) is 3. The highest BCUT2D eigenvalue weighted by Crippen LogP contribution is 2.12. The summed E-state index contributed by atoms with van der Waals surface area (Å²) < 4.78 is 10.5. The van der Waals surface area contributed by atoms with E-state index < -0.39 is 0 Å². The van der Waals surface area contributed by atoms with Gasteiger partial charge in [-0.25, -0.2) is 0 Å². The van der Waals surface area contributed by atoms with Crippen LogP contribution in [0.4, 0.5) is 0 Å². The van der Waals surface area contributed by atoms with Crippen molar-refractivity contribution in [1.82, 2.24) is 0 Å². The summed E-state index contributed by atoms with van der Waals surface area (Å²) in [5.41, 5.74) is 6.58. The zero-order valence-corrected chi connectivity index (χ0v) is 9.69. The summed E-state index contributed by atoms with van der Waals surface area (Å²) in [6.45, 7) is 1.87. The molecule has 0 heterocycles. The molecule has 0 aliphatic heterocycles. The predicted octanol–water partition coefficient (Wildman–Crippen LogP) is 1.77. The van der Waals surface area contributed by atoms with E-state index in [1.807, 2.05) is 24.3 Å². The second-order valence-electron chi connectivity index (χ2n) is 3.40. The molecule has 2 N–H and O–H groups in total. The standard InChI is InChI=1S/C13H19NO2/c1-15-11-8-12-4-6-13(7-5-12)16-10-3-2-9-14/h2-7H,8-11,14H2,1H3. The van der Waals surface area contributed by atoms with Crippen molar-refractivity contribution in [2.24, 2.45) is 5.73 Å². The molecular weight excluding hydrogens is 202 g/mol. The average molecular weight is 221 g/mol. The zero-order valence-electron chi connectivity index (χ0n) is 9.69. The van der Waals surface area contributed by atoms with Gasteiger partial charge in [0.15, 0.2) is 0 Å². The van der Waals surface area contributed by atoms with Gasteiger partial charge in [-0.1, -0.05) is 24.3 Å². The minimum atomic E-state index is 0.555. The van der Waals surface area contributed by atoms with Crippen LogP contribution in [0.25, 0.3) is 0 Å². The summed E-state index contributed by atoms with van der Waals surface area (Å²) in [5, 5.41) is 0. The van der Waals surface area contributed by atoms with Crippen LogP contribution >= 0.6 is 0 Å². The first-order chi connectivity index (χ1) is 7.86. The van der Waals surface area contributed by atoms with Gasteiger partial charge in [0, 0.05) is 13.7 Å². The van der Waals surface area contributed by atoms with Gasteiger partial charge in [0.2, 0.25) is 0 Å².